The van der Waals surface area contributed by atoms with Crippen molar-refractivity contribution in [1.82, 2.24) is 14.8 Å². The van der Waals surface area contributed by atoms with Crippen LogP contribution in [0.4, 0.5) is 0 Å². The fourth-order valence-corrected chi connectivity index (χ4v) is 1.83. The second kappa shape index (κ2) is 4.29. The van der Waals surface area contributed by atoms with E-state index >= 15 is 0 Å². The van der Waals surface area contributed by atoms with E-state index in [1.807, 2.05) is 0 Å². The largest absolute Gasteiger partial charge is 0.283 e. The average Bonchev–Trinajstić information content (AvgIpc) is 2.80. The third-order valence-electron chi connectivity index (χ3n) is 2.92. The Morgan fingerprint density at radius 3 is 2.71 bits per heavy atom. The summed E-state index contributed by atoms with van der Waals surface area (Å²) in [6, 6.07) is 0. The second-order valence-electron chi connectivity index (χ2n) is 4.11. The minimum atomic E-state index is -0.381. The molecule has 6 heteroatoms. The summed E-state index contributed by atoms with van der Waals surface area (Å²) in [4.78, 5) is 29.3. The van der Waals surface area contributed by atoms with Crippen molar-refractivity contribution in [2.45, 2.75) is 20.3 Å². The van der Waals surface area contributed by atoms with Gasteiger partial charge in [-0.05, 0) is 25.8 Å². The Morgan fingerprint density at radius 1 is 1.41 bits per heavy atom. The van der Waals surface area contributed by atoms with Gasteiger partial charge >= 0.3 is 0 Å². The lowest BCUT2D eigenvalue weighted by molar-refractivity contribution is -0.0770. The molecule has 6 nitrogen and oxygen atoms in total. The van der Waals surface area contributed by atoms with Crippen LogP contribution in [0.1, 0.15) is 28.0 Å². The van der Waals surface area contributed by atoms with E-state index in [0.717, 1.165) is 6.42 Å². The molecule has 1 aromatic rings. The van der Waals surface area contributed by atoms with E-state index in [0.29, 0.717) is 24.4 Å². The number of aromatic nitrogens is 2. The summed E-state index contributed by atoms with van der Waals surface area (Å²) < 4.78 is 1.19. The fraction of sp³-hybridized carbons (Fsp3) is 0.545. The van der Waals surface area contributed by atoms with Crippen LogP contribution in [0.5, 0.6) is 0 Å². The Kier molecular flexibility index (Phi) is 2.97. The van der Waals surface area contributed by atoms with Crippen LogP contribution < -0.4 is 5.56 Å². The summed E-state index contributed by atoms with van der Waals surface area (Å²) in [5.41, 5.74) is 1.07. The predicted molar refractivity (Wildman–Crippen MR) is 60.6 cm³/mol. The number of hydroxylamine groups is 2. The van der Waals surface area contributed by atoms with E-state index in [1.165, 1.54) is 16.8 Å². The Balaban J connectivity index is 2.50. The van der Waals surface area contributed by atoms with Gasteiger partial charge in [-0.15, -0.1) is 0 Å². The van der Waals surface area contributed by atoms with Gasteiger partial charge in [-0.3, -0.25) is 14.4 Å². The minimum Gasteiger partial charge on any atom is -0.271 e. The lowest BCUT2D eigenvalue weighted by atomic mass is 10.1. The van der Waals surface area contributed by atoms with E-state index in [9.17, 15) is 9.59 Å². The van der Waals surface area contributed by atoms with Gasteiger partial charge in [0.25, 0.3) is 11.5 Å². The first-order valence-electron chi connectivity index (χ1n) is 5.51. The summed E-state index contributed by atoms with van der Waals surface area (Å²) in [6.07, 6.45) is 0.801. The molecule has 1 aliphatic heterocycles. The maximum Gasteiger partial charge on any atom is 0.283 e. The molecule has 1 saturated heterocycles. The molecular formula is C11H15N3O3. The molecule has 0 radical (unpaired) electrons. The topological polar surface area (TPSA) is 64.4 Å². The summed E-state index contributed by atoms with van der Waals surface area (Å²) in [6.45, 7) is 4.56. The fourth-order valence-electron chi connectivity index (χ4n) is 1.83. The summed E-state index contributed by atoms with van der Waals surface area (Å²) >= 11 is 0. The Morgan fingerprint density at radius 2 is 2.12 bits per heavy atom. The highest BCUT2D eigenvalue weighted by Crippen LogP contribution is 2.13. The molecule has 2 heterocycles. The molecule has 0 N–H and O–H groups in total. The monoisotopic (exact) mass is 237 g/mol. The number of hydrogen-bond acceptors (Lipinski definition) is 4. The molecule has 1 fully saturated rings. The van der Waals surface area contributed by atoms with Crippen molar-refractivity contribution in [3.63, 3.8) is 0 Å². The van der Waals surface area contributed by atoms with Gasteiger partial charge in [0, 0.05) is 7.05 Å². The molecule has 0 spiro atoms. The highest BCUT2D eigenvalue weighted by atomic mass is 16.7. The highest BCUT2D eigenvalue weighted by molar-refractivity contribution is 5.94. The maximum absolute atomic E-state index is 12.2. The number of rotatable bonds is 1. The molecule has 0 bridgehead atoms. The number of amides is 1. The molecule has 17 heavy (non-hydrogen) atoms. The Hall–Kier alpha value is -1.69. The Labute approximate surface area is 98.7 Å². The normalized spacial score (nSPS) is 15.4. The van der Waals surface area contributed by atoms with Gasteiger partial charge in [0.05, 0.1) is 18.8 Å². The lowest BCUT2D eigenvalue weighted by Gasteiger charge is -2.15. The van der Waals surface area contributed by atoms with Crippen LogP contribution in [0.2, 0.25) is 0 Å². The Bertz CT molecular complexity index is 515. The second-order valence-corrected chi connectivity index (χ2v) is 4.11. The van der Waals surface area contributed by atoms with Crippen LogP contribution in [0, 0.1) is 13.8 Å². The zero-order valence-corrected chi connectivity index (χ0v) is 10.2. The van der Waals surface area contributed by atoms with Crippen LogP contribution in [-0.2, 0) is 11.9 Å². The average molecular weight is 237 g/mol. The van der Waals surface area contributed by atoms with E-state index in [4.69, 9.17) is 4.84 Å². The van der Waals surface area contributed by atoms with E-state index in [1.54, 1.807) is 13.8 Å². The summed E-state index contributed by atoms with van der Waals surface area (Å²) in [7, 11) is 1.54. The van der Waals surface area contributed by atoms with Crippen LogP contribution in [0.3, 0.4) is 0 Å². The number of nitrogens with zero attached hydrogens (tertiary/aromatic N) is 3. The molecule has 1 amide bonds. The zero-order valence-electron chi connectivity index (χ0n) is 10.2. The van der Waals surface area contributed by atoms with Gasteiger partial charge in [0.15, 0.2) is 0 Å². The quantitative estimate of drug-likeness (QED) is 0.698. The van der Waals surface area contributed by atoms with Crippen molar-refractivity contribution < 1.29 is 9.63 Å². The van der Waals surface area contributed by atoms with Crippen LogP contribution in [0.15, 0.2) is 4.79 Å². The van der Waals surface area contributed by atoms with Crippen molar-refractivity contribution in [2.24, 2.45) is 7.05 Å². The number of hydrogen-bond donors (Lipinski definition) is 0. The molecule has 0 aromatic carbocycles. The lowest BCUT2D eigenvalue weighted by Crippen LogP contribution is -2.36. The molecule has 92 valence electrons. The standard InChI is InChI=1S/C11H15N3O3/c1-7-8(2)12-13(3)10(15)9(7)11(16)14-5-4-6-17-14/h4-6H2,1-3H3. The SMILES string of the molecule is Cc1nn(C)c(=O)c(C(=O)N2CCCO2)c1C. The summed E-state index contributed by atoms with van der Waals surface area (Å²) in [5, 5.41) is 5.29. The van der Waals surface area contributed by atoms with Crippen LogP contribution >= 0.6 is 0 Å². The molecular weight excluding hydrogens is 222 g/mol. The molecule has 2 rings (SSSR count). The van der Waals surface area contributed by atoms with Gasteiger partial charge in [-0.2, -0.15) is 5.10 Å². The molecule has 0 saturated carbocycles. The van der Waals surface area contributed by atoms with Crippen molar-refractivity contribution in [2.75, 3.05) is 13.2 Å². The van der Waals surface area contributed by atoms with E-state index < -0.39 is 0 Å². The zero-order chi connectivity index (χ0) is 12.6. The number of carbonyl (C=O) groups is 1. The van der Waals surface area contributed by atoms with Crippen LogP contribution in [0.25, 0.3) is 0 Å². The third-order valence-corrected chi connectivity index (χ3v) is 2.92. The molecule has 1 aliphatic rings. The smallest absolute Gasteiger partial charge is 0.271 e. The first-order valence-corrected chi connectivity index (χ1v) is 5.51. The van der Waals surface area contributed by atoms with Crippen molar-refractivity contribution in [1.29, 1.82) is 0 Å². The molecule has 0 unspecified atom stereocenters. The summed E-state index contributed by atoms with van der Waals surface area (Å²) in [5.74, 6) is -0.369. The molecule has 0 aliphatic carbocycles. The maximum atomic E-state index is 12.2. The molecule has 1 aromatic heterocycles. The van der Waals surface area contributed by atoms with Crippen LogP contribution in [-0.4, -0.2) is 33.9 Å². The minimum absolute atomic E-state index is 0.155. The van der Waals surface area contributed by atoms with E-state index in [2.05, 4.69) is 5.10 Å². The van der Waals surface area contributed by atoms with Crippen molar-refractivity contribution in [3.05, 3.63) is 27.2 Å². The first-order chi connectivity index (χ1) is 8.02. The van der Waals surface area contributed by atoms with Crippen molar-refractivity contribution in [3.8, 4) is 0 Å². The van der Waals surface area contributed by atoms with E-state index in [-0.39, 0.29) is 17.0 Å². The first kappa shape index (κ1) is 11.8. The van der Waals surface area contributed by atoms with Gasteiger partial charge in [-0.25, -0.2) is 9.75 Å². The number of aryl methyl sites for hydroxylation is 2. The van der Waals surface area contributed by atoms with Gasteiger partial charge in [0.2, 0.25) is 0 Å². The number of carbonyl (C=O) groups excluding carboxylic acids is 1. The van der Waals surface area contributed by atoms with Gasteiger partial charge in [0.1, 0.15) is 5.56 Å². The molecule has 0 atom stereocenters. The van der Waals surface area contributed by atoms with Gasteiger partial charge in [-0.1, -0.05) is 0 Å². The third kappa shape index (κ3) is 1.95. The van der Waals surface area contributed by atoms with Gasteiger partial charge < -0.3 is 0 Å². The van der Waals surface area contributed by atoms with Crippen molar-refractivity contribution >= 4 is 5.91 Å². The highest BCUT2D eigenvalue weighted by Gasteiger charge is 2.26. The predicted octanol–water partition coefficient (Wildman–Crippen LogP) is 0.175.